The molecule has 0 saturated carbocycles. The van der Waals surface area contributed by atoms with Gasteiger partial charge in [0.15, 0.2) is 0 Å². The second-order valence-electron chi connectivity index (χ2n) is 5.12. The Morgan fingerprint density at radius 2 is 1.61 bits per heavy atom. The number of aliphatic hydroxyl groups excluding tert-OH is 1. The summed E-state index contributed by atoms with van der Waals surface area (Å²) in [7, 11) is 1.88. The van der Waals surface area contributed by atoms with Crippen LogP contribution in [0.25, 0.3) is 0 Å². The van der Waals surface area contributed by atoms with E-state index in [-0.39, 0.29) is 13.2 Å². The number of rotatable bonds is 6. The average Bonchev–Trinajstić information content (AvgIpc) is 2.62. The predicted octanol–water partition coefficient (Wildman–Crippen LogP) is 3.08. The highest BCUT2D eigenvalue weighted by atomic mass is 19.1. The van der Waals surface area contributed by atoms with Crippen LogP contribution in [0.2, 0.25) is 0 Å². The number of hydrogen-bond acceptors (Lipinski definition) is 3. The summed E-state index contributed by atoms with van der Waals surface area (Å²) in [5.41, 5.74) is 2.86. The maximum atomic E-state index is 12.5. The minimum atomic E-state index is -0.591. The third-order valence-corrected chi connectivity index (χ3v) is 3.34. The third kappa shape index (κ3) is 5.32. The molecule has 2 rings (SSSR count). The molecule has 0 amide bonds. The van der Waals surface area contributed by atoms with E-state index >= 15 is 0 Å². The van der Waals surface area contributed by atoms with Gasteiger partial charge in [0.2, 0.25) is 0 Å². The van der Waals surface area contributed by atoms with E-state index in [1.165, 1.54) is 0 Å². The molecule has 0 aliphatic carbocycles. The van der Waals surface area contributed by atoms with Gasteiger partial charge in [-0.15, -0.1) is 0 Å². The smallest absolute Gasteiger partial charge is 0.119 e. The Kier molecular flexibility index (Phi) is 6.46. The minimum Gasteiger partial charge on any atom is -0.493 e. The van der Waals surface area contributed by atoms with Crippen LogP contribution in [0.1, 0.15) is 11.1 Å². The van der Waals surface area contributed by atoms with Crippen molar-refractivity contribution >= 4 is 5.69 Å². The number of aliphatic hydroxyl groups is 1. The Bertz CT molecular complexity index is 653. The van der Waals surface area contributed by atoms with Crippen molar-refractivity contribution < 1.29 is 14.2 Å². The fourth-order valence-electron chi connectivity index (χ4n) is 1.86. The summed E-state index contributed by atoms with van der Waals surface area (Å²) >= 11 is 0. The first-order valence-electron chi connectivity index (χ1n) is 7.44. The van der Waals surface area contributed by atoms with Crippen LogP contribution in [0, 0.1) is 17.8 Å². The number of hydrogen-bond donors (Lipinski definition) is 2. The molecule has 3 nitrogen and oxygen atoms in total. The van der Waals surface area contributed by atoms with E-state index in [0.717, 1.165) is 16.8 Å². The van der Waals surface area contributed by atoms with E-state index in [1.54, 1.807) is 12.1 Å². The first-order valence-corrected chi connectivity index (χ1v) is 7.44. The number of anilines is 1. The molecule has 23 heavy (non-hydrogen) atoms. The molecule has 2 aromatic carbocycles. The Balaban J connectivity index is 1.95. The predicted molar refractivity (Wildman–Crippen MR) is 90.5 cm³/mol. The normalized spacial score (nSPS) is 11.3. The third-order valence-electron chi connectivity index (χ3n) is 3.34. The lowest BCUT2D eigenvalue weighted by molar-refractivity contribution is 0.140. The molecule has 0 fully saturated rings. The van der Waals surface area contributed by atoms with Gasteiger partial charge in [-0.2, -0.15) is 0 Å². The molecular formula is C19H20FNO2. The molecule has 0 bridgehead atoms. The lowest BCUT2D eigenvalue weighted by atomic mass is 10.1. The van der Waals surface area contributed by atoms with E-state index in [9.17, 15) is 4.39 Å². The molecule has 0 aliphatic rings. The number of ether oxygens (including phenoxy) is 1. The van der Waals surface area contributed by atoms with Gasteiger partial charge >= 0.3 is 0 Å². The standard InChI is InChI=1S/C19H20FNO2/c1-21-18-8-4-15(5-9-18)2-3-16-6-10-19(11-7-16)23-14-17(12-20)13-22/h4-11,17,21-22H,12-14H2,1H3. The molecule has 2 aromatic rings. The summed E-state index contributed by atoms with van der Waals surface area (Å²) in [6, 6.07) is 15.2. The summed E-state index contributed by atoms with van der Waals surface area (Å²) in [6.07, 6.45) is 0. The Morgan fingerprint density at radius 1 is 1.04 bits per heavy atom. The van der Waals surface area contributed by atoms with Gasteiger partial charge in [-0.05, 0) is 48.5 Å². The number of nitrogens with one attached hydrogen (secondary N) is 1. The zero-order valence-corrected chi connectivity index (χ0v) is 13.1. The van der Waals surface area contributed by atoms with Crippen LogP contribution < -0.4 is 10.1 Å². The van der Waals surface area contributed by atoms with Crippen LogP contribution in [-0.4, -0.2) is 32.0 Å². The van der Waals surface area contributed by atoms with Crippen LogP contribution in [0.4, 0.5) is 10.1 Å². The molecule has 1 unspecified atom stereocenters. The van der Waals surface area contributed by atoms with E-state index < -0.39 is 12.6 Å². The quantitative estimate of drug-likeness (QED) is 0.805. The van der Waals surface area contributed by atoms with Gasteiger partial charge < -0.3 is 15.2 Å². The molecule has 0 radical (unpaired) electrons. The Morgan fingerprint density at radius 3 is 2.09 bits per heavy atom. The highest BCUT2D eigenvalue weighted by molar-refractivity contribution is 5.50. The van der Waals surface area contributed by atoms with E-state index in [1.807, 2.05) is 43.4 Å². The van der Waals surface area contributed by atoms with Crippen molar-refractivity contribution in [3.63, 3.8) is 0 Å². The lowest BCUT2D eigenvalue weighted by Crippen LogP contribution is -2.17. The van der Waals surface area contributed by atoms with E-state index in [4.69, 9.17) is 9.84 Å². The summed E-state index contributed by atoms with van der Waals surface area (Å²) < 4.78 is 17.9. The molecule has 0 heterocycles. The molecule has 1 atom stereocenters. The molecule has 2 N–H and O–H groups in total. The monoisotopic (exact) mass is 313 g/mol. The van der Waals surface area contributed by atoms with Crippen molar-refractivity contribution in [1.82, 2.24) is 0 Å². The topological polar surface area (TPSA) is 41.5 Å². The van der Waals surface area contributed by atoms with Gasteiger partial charge in [0.1, 0.15) is 5.75 Å². The van der Waals surface area contributed by atoms with Crippen LogP contribution in [0.15, 0.2) is 48.5 Å². The number of benzene rings is 2. The van der Waals surface area contributed by atoms with Crippen molar-refractivity contribution in [1.29, 1.82) is 0 Å². The van der Waals surface area contributed by atoms with Gasteiger partial charge in [-0.1, -0.05) is 11.8 Å². The highest BCUT2D eigenvalue weighted by Crippen LogP contribution is 2.13. The average molecular weight is 313 g/mol. The number of halogens is 1. The highest BCUT2D eigenvalue weighted by Gasteiger charge is 2.07. The first kappa shape index (κ1) is 16.9. The second kappa shape index (κ2) is 8.82. The molecule has 120 valence electrons. The number of alkyl halides is 1. The van der Waals surface area contributed by atoms with Crippen LogP contribution in [0.5, 0.6) is 5.75 Å². The van der Waals surface area contributed by atoms with Gasteiger partial charge in [0, 0.05) is 29.8 Å². The SMILES string of the molecule is CNc1ccc(C#Cc2ccc(OCC(CO)CF)cc2)cc1. The maximum Gasteiger partial charge on any atom is 0.119 e. The van der Waals surface area contributed by atoms with Crippen molar-refractivity contribution in [3.05, 3.63) is 59.7 Å². The van der Waals surface area contributed by atoms with Crippen molar-refractivity contribution in [2.75, 3.05) is 32.3 Å². The zero-order valence-electron chi connectivity index (χ0n) is 13.1. The molecule has 0 saturated heterocycles. The van der Waals surface area contributed by atoms with Gasteiger partial charge in [0.05, 0.1) is 19.9 Å². The first-order chi connectivity index (χ1) is 11.2. The molecule has 4 heteroatoms. The molecule has 0 aliphatic heterocycles. The largest absolute Gasteiger partial charge is 0.493 e. The summed E-state index contributed by atoms with van der Waals surface area (Å²) in [4.78, 5) is 0. The van der Waals surface area contributed by atoms with E-state index in [2.05, 4.69) is 17.2 Å². The maximum absolute atomic E-state index is 12.5. The summed E-state index contributed by atoms with van der Waals surface area (Å²) in [6.45, 7) is -0.644. The van der Waals surface area contributed by atoms with Crippen LogP contribution in [-0.2, 0) is 0 Å². The lowest BCUT2D eigenvalue weighted by Gasteiger charge is -2.11. The van der Waals surface area contributed by atoms with Crippen molar-refractivity contribution in [3.8, 4) is 17.6 Å². The summed E-state index contributed by atoms with van der Waals surface area (Å²) in [5, 5.41) is 12.0. The fraction of sp³-hybridized carbons (Fsp3) is 0.263. The van der Waals surface area contributed by atoms with Crippen molar-refractivity contribution in [2.24, 2.45) is 5.92 Å². The van der Waals surface area contributed by atoms with Gasteiger partial charge in [0.25, 0.3) is 0 Å². The summed E-state index contributed by atoms with van der Waals surface area (Å²) in [5.74, 6) is 6.35. The van der Waals surface area contributed by atoms with Gasteiger partial charge in [-0.25, -0.2) is 0 Å². The molecule has 0 spiro atoms. The Hall–Kier alpha value is -2.51. The Labute approximate surface area is 136 Å². The zero-order chi connectivity index (χ0) is 16.5. The van der Waals surface area contributed by atoms with Gasteiger partial charge in [-0.3, -0.25) is 4.39 Å². The molecule has 0 aromatic heterocycles. The second-order valence-corrected chi connectivity index (χ2v) is 5.12. The molecular weight excluding hydrogens is 293 g/mol. The minimum absolute atomic E-state index is 0.163. The van der Waals surface area contributed by atoms with E-state index in [0.29, 0.717) is 5.75 Å². The fourth-order valence-corrected chi connectivity index (χ4v) is 1.86. The van der Waals surface area contributed by atoms with Crippen LogP contribution >= 0.6 is 0 Å². The van der Waals surface area contributed by atoms with Crippen molar-refractivity contribution in [2.45, 2.75) is 0 Å². The van der Waals surface area contributed by atoms with Crippen LogP contribution in [0.3, 0.4) is 0 Å².